The maximum absolute atomic E-state index is 12.5. The van der Waals surface area contributed by atoms with Gasteiger partial charge in [0.1, 0.15) is 0 Å². The van der Waals surface area contributed by atoms with E-state index in [1.54, 1.807) is 4.31 Å². The highest BCUT2D eigenvalue weighted by atomic mass is 32.2. The standard InChI is InChI=1S/C15H29N3O3S/c1-3-12-22(20,21)18-10-6-13(7-11-18)17-14(19)15(4-2)8-5-9-16-15/h13,16H,3-12H2,1-2H3,(H,17,19). The summed E-state index contributed by atoms with van der Waals surface area (Å²) in [6.45, 7) is 5.84. The Morgan fingerprint density at radius 3 is 2.50 bits per heavy atom. The van der Waals surface area contributed by atoms with Gasteiger partial charge in [-0.3, -0.25) is 4.79 Å². The Morgan fingerprint density at radius 1 is 1.32 bits per heavy atom. The summed E-state index contributed by atoms with van der Waals surface area (Å²) >= 11 is 0. The largest absolute Gasteiger partial charge is 0.352 e. The summed E-state index contributed by atoms with van der Waals surface area (Å²) in [6.07, 6.45) is 4.77. The lowest BCUT2D eigenvalue weighted by atomic mass is 9.92. The van der Waals surface area contributed by atoms with Crippen LogP contribution in [0.1, 0.15) is 52.4 Å². The lowest BCUT2D eigenvalue weighted by molar-refractivity contribution is -0.128. The molecule has 1 atom stereocenters. The Labute approximate surface area is 134 Å². The fraction of sp³-hybridized carbons (Fsp3) is 0.933. The Kier molecular flexibility index (Phi) is 5.85. The minimum Gasteiger partial charge on any atom is -0.352 e. The summed E-state index contributed by atoms with van der Waals surface area (Å²) in [5, 5.41) is 6.47. The Morgan fingerprint density at radius 2 is 2.00 bits per heavy atom. The van der Waals surface area contributed by atoms with Gasteiger partial charge in [-0.05, 0) is 45.1 Å². The molecule has 2 aliphatic heterocycles. The van der Waals surface area contributed by atoms with E-state index in [2.05, 4.69) is 10.6 Å². The second-order valence-corrected chi connectivity index (χ2v) is 8.52. The molecular formula is C15H29N3O3S. The first kappa shape index (κ1) is 17.7. The van der Waals surface area contributed by atoms with Crippen LogP contribution in [0.2, 0.25) is 0 Å². The van der Waals surface area contributed by atoms with Gasteiger partial charge in [0.05, 0.1) is 11.3 Å². The molecule has 0 aromatic heterocycles. The van der Waals surface area contributed by atoms with Crippen LogP contribution in [0.3, 0.4) is 0 Å². The highest BCUT2D eigenvalue weighted by Crippen LogP contribution is 2.24. The van der Waals surface area contributed by atoms with Crippen molar-refractivity contribution in [2.45, 2.75) is 64.0 Å². The minimum atomic E-state index is -3.11. The van der Waals surface area contributed by atoms with Crippen molar-refractivity contribution in [3.63, 3.8) is 0 Å². The number of nitrogens with one attached hydrogen (secondary N) is 2. The average molecular weight is 331 g/mol. The van der Waals surface area contributed by atoms with Crippen molar-refractivity contribution in [3.05, 3.63) is 0 Å². The molecule has 0 spiro atoms. The van der Waals surface area contributed by atoms with E-state index in [4.69, 9.17) is 0 Å². The third-order valence-corrected chi connectivity index (χ3v) is 7.00. The summed E-state index contributed by atoms with van der Waals surface area (Å²) in [5.74, 6) is 0.301. The predicted molar refractivity (Wildman–Crippen MR) is 87.1 cm³/mol. The molecule has 2 aliphatic rings. The first-order valence-corrected chi connectivity index (χ1v) is 10.1. The maximum Gasteiger partial charge on any atom is 0.240 e. The zero-order valence-electron chi connectivity index (χ0n) is 13.7. The SMILES string of the molecule is CCCS(=O)(=O)N1CCC(NC(=O)C2(CC)CCCN2)CC1. The van der Waals surface area contributed by atoms with Gasteiger partial charge >= 0.3 is 0 Å². The van der Waals surface area contributed by atoms with E-state index in [0.717, 1.165) is 25.8 Å². The second kappa shape index (κ2) is 7.27. The van der Waals surface area contributed by atoms with Crippen LogP contribution in [0.15, 0.2) is 0 Å². The summed E-state index contributed by atoms with van der Waals surface area (Å²) in [4.78, 5) is 12.5. The Balaban J connectivity index is 1.86. The molecule has 1 amide bonds. The van der Waals surface area contributed by atoms with Gasteiger partial charge < -0.3 is 10.6 Å². The third-order valence-electron chi connectivity index (χ3n) is 4.93. The van der Waals surface area contributed by atoms with Crippen molar-refractivity contribution in [2.75, 3.05) is 25.4 Å². The van der Waals surface area contributed by atoms with Gasteiger partial charge in [0, 0.05) is 19.1 Å². The van der Waals surface area contributed by atoms with Crippen LogP contribution in [-0.2, 0) is 14.8 Å². The molecule has 2 N–H and O–H groups in total. The summed E-state index contributed by atoms with van der Waals surface area (Å²) in [5.41, 5.74) is -0.411. The van der Waals surface area contributed by atoms with Gasteiger partial charge in [-0.15, -0.1) is 0 Å². The quantitative estimate of drug-likeness (QED) is 0.756. The van der Waals surface area contributed by atoms with E-state index in [1.807, 2.05) is 13.8 Å². The molecule has 6 nitrogen and oxygen atoms in total. The molecule has 0 aliphatic carbocycles. The molecule has 22 heavy (non-hydrogen) atoms. The third kappa shape index (κ3) is 3.81. The fourth-order valence-electron chi connectivity index (χ4n) is 3.45. The van der Waals surface area contributed by atoms with Crippen molar-refractivity contribution in [1.82, 2.24) is 14.9 Å². The summed E-state index contributed by atoms with van der Waals surface area (Å²) in [7, 11) is -3.11. The smallest absolute Gasteiger partial charge is 0.240 e. The van der Waals surface area contributed by atoms with Crippen LogP contribution < -0.4 is 10.6 Å². The number of piperidine rings is 1. The molecular weight excluding hydrogens is 302 g/mol. The minimum absolute atomic E-state index is 0.0855. The zero-order valence-corrected chi connectivity index (χ0v) is 14.5. The molecule has 2 rings (SSSR count). The number of carbonyl (C=O) groups is 1. The van der Waals surface area contributed by atoms with Gasteiger partial charge in [-0.1, -0.05) is 13.8 Å². The number of carbonyl (C=O) groups excluding carboxylic acids is 1. The molecule has 0 saturated carbocycles. The van der Waals surface area contributed by atoms with Gasteiger partial charge in [0.25, 0.3) is 0 Å². The number of hydrogen-bond acceptors (Lipinski definition) is 4. The molecule has 0 radical (unpaired) electrons. The monoisotopic (exact) mass is 331 g/mol. The van der Waals surface area contributed by atoms with Crippen LogP contribution in [0.25, 0.3) is 0 Å². The lowest BCUT2D eigenvalue weighted by Gasteiger charge is -2.34. The lowest BCUT2D eigenvalue weighted by Crippen LogP contribution is -2.57. The molecule has 0 bridgehead atoms. The predicted octanol–water partition coefficient (Wildman–Crippen LogP) is 0.839. The van der Waals surface area contributed by atoms with E-state index in [0.29, 0.717) is 32.4 Å². The van der Waals surface area contributed by atoms with Crippen LogP contribution in [0, 0.1) is 0 Å². The van der Waals surface area contributed by atoms with E-state index in [1.165, 1.54) is 0 Å². The van der Waals surface area contributed by atoms with Gasteiger partial charge in [-0.2, -0.15) is 0 Å². The average Bonchev–Trinajstić information content (AvgIpc) is 2.98. The molecule has 2 saturated heterocycles. The number of nitrogens with zero attached hydrogens (tertiary/aromatic N) is 1. The first-order chi connectivity index (χ1) is 10.4. The molecule has 128 valence electrons. The second-order valence-electron chi connectivity index (χ2n) is 6.43. The van der Waals surface area contributed by atoms with Gasteiger partial charge in [0.15, 0.2) is 0 Å². The van der Waals surface area contributed by atoms with Crippen molar-refractivity contribution < 1.29 is 13.2 Å². The van der Waals surface area contributed by atoms with Crippen LogP contribution in [0.5, 0.6) is 0 Å². The van der Waals surface area contributed by atoms with Crippen molar-refractivity contribution in [2.24, 2.45) is 0 Å². The van der Waals surface area contributed by atoms with Crippen LogP contribution >= 0.6 is 0 Å². The number of sulfonamides is 1. The summed E-state index contributed by atoms with van der Waals surface area (Å²) in [6, 6.07) is 0.0893. The fourth-order valence-corrected chi connectivity index (χ4v) is 4.99. The topological polar surface area (TPSA) is 78.5 Å². The van der Waals surface area contributed by atoms with Crippen LogP contribution in [0.4, 0.5) is 0 Å². The highest BCUT2D eigenvalue weighted by Gasteiger charge is 2.40. The van der Waals surface area contributed by atoms with Gasteiger partial charge in [0.2, 0.25) is 15.9 Å². The first-order valence-electron chi connectivity index (χ1n) is 8.47. The van der Waals surface area contributed by atoms with Crippen molar-refractivity contribution in [3.8, 4) is 0 Å². The van der Waals surface area contributed by atoms with Crippen LogP contribution in [-0.4, -0.2) is 55.6 Å². The molecule has 0 aromatic rings. The normalized spacial score (nSPS) is 27.9. The molecule has 2 heterocycles. The Bertz CT molecular complexity index is 478. The van der Waals surface area contributed by atoms with E-state index in [-0.39, 0.29) is 17.7 Å². The van der Waals surface area contributed by atoms with E-state index in [9.17, 15) is 13.2 Å². The van der Waals surface area contributed by atoms with Crippen molar-refractivity contribution >= 4 is 15.9 Å². The molecule has 1 unspecified atom stereocenters. The zero-order chi connectivity index (χ0) is 16.2. The Hall–Kier alpha value is -0.660. The maximum atomic E-state index is 12.5. The number of rotatable bonds is 6. The van der Waals surface area contributed by atoms with Crippen molar-refractivity contribution in [1.29, 1.82) is 0 Å². The number of amides is 1. The molecule has 2 fully saturated rings. The van der Waals surface area contributed by atoms with Gasteiger partial charge in [-0.25, -0.2) is 12.7 Å². The number of hydrogen-bond donors (Lipinski definition) is 2. The summed E-state index contributed by atoms with van der Waals surface area (Å²) < 4.78 is 25.7. The van der Waals surface area contributed by atoms with E-state index >= 15 is 0 Å². The highest BCUT2D eigenvalue weighted by molar-refractivity contribution is 7.89. The molecule has 7 heteroatoms. The molecule has 0 aromatic carbocycles. The van der Waals surface area contributed by atoms with E-state index < -0.39 is 15.6 Å².